The predicted molar refractivity (Wildman–Crippen MR) is 93.5 cm³/mol. The molecule has 0 amide bonds. The van der Waals surface area contributed by atoms with E-state index in [1.54, 1.807) is 25.6 Å². The van der Waals surface area contributed by atoms with Gasteiger partial charge in [-0.3, -0.25) is 4.98 Å². The summed E-state index contributed by atoms with van der Waals surface area (Å²) in [5.74, 6) is 1.39. The van der Waals surface area contributed by atoms with Gasteiger partial charge in [0.15, 0.2) is 11.5 Å². The van der Waals surface area contributed by atoms with Crippen LogP contribution in [0.3, 0.4) is 0 Å². The molecular weight excluding hydrogens is 316 g/mol. The number of aromatic nitrogens is 5. The Morgan fingerprint density at radius 1 is 0.920 bits per heavy atom. The van der Waals surface area contributed by atoms with Crippen molar-refractivity contribution in [2.75, 3.05) is 12.4 Å². The summed E-state index contributed by atoms with van der Waals surface area (Å²) in [6, 6.07) is 13.4. The minimum Gasteiger partial charge on any atom is -0.371 e. The van der Waals surface area contributed by atoms with E-state index in [2.05, 4.69) is 30.4 Å². The Kier molecular flexibility index (Phi) is 3.88. The SMILES string of the molecule is CNc1ncc(-c2cccnc2)nc1-c1noc(-c2ccccc2)n1. The van der Waals surface area contributed by atoms with E-state index in [-0.39, 0.29) is 0 Å². The average molecular weight is 330 g/mol. The summed E-state index contributed by atoms with van der Waals surface area (Å²) in [5.41, 5.74) is 2.93. The van der Waals surface area contributed by atoms with Crippen LogP contribution < -0.4 is 5.32 Å². The highest BCUT2D eigenvalue weighted by Gasteiger charge is 2.17. The van der Waals surface area contributed by atoms with Gasteiger partial charge in [-0.05, 0) is 24.3 Å². The Hall–Kier alpha value is -3.61. The zero-order valence-corrected chi connectivity index (χ0v) is 13.4. The largest absolute Gasteiger partial charge is 0.371 e. The molecule has 25 heavy (non-hydrogen) atoms. The van der Waals surface area contributed by atoms with Crippen LogP contribution in [0.15, 0.2) is 65.6 Å². The first-order valence-electron chi connectivity index (χ1n) is 7.70. The monoisotopic (exact) mass is 330 g/mol. The number of anilines is 1. The van der Waals surface area contributed by atoms with Crippen LogP contribution in [0.2, 0.25) is 0 Å². The lowest BCUT2D eigenvalue weighted by molar-refractivity contribution is 0.432. The van der Waals surface area contributed by atoms with E-state index in [1.165, 1.54) is 0 Å². The Bertz CT molecular complexity index is 985. The molecule has 4 aromatic rings. The lowest BCUT2D eigenvalue weighted by atomic mass is 10.2. The third-order valence-electron chi connectivity index (χ3n) is 3.63. The maximum Gasteiger partial charge on any atom is 0.258 e. The van der Waals surface area contributed by atoms with Crippen LogP contribution in [-0.4, -0.2) is 32.1 Å². The van der Waals surface area contributed by atoms with Crippen molar-refractivity contribution >= 4 is 5.82 Å². The molecule has 122 valence electrons. The van der Waals surface area contributed by atoms with E-state index >= 15 is 0 Å². The second-order valence-electron chi connectivity index (χ2n) is 5.23. The third kappa shape index (κ3) is 2.94. The van der Waals surface area contributed by atoms with E-state index in [1.807, 2.05) is 42.5 Å². The normalized spacial score (nSPS) is 10.6. The second kappa shape index (κ2) is 6.48. The fourth-order valence-electron chi connectivity index (χ4n) is 2.40. The number of benzene rings is 1. The Balaban J connectivity index is 1.78. The van der Waals surface area contributed by atoms with Crippen LogP contribution in [-0.2, 0) is 0 Å². The number of hydrogen-bond donors (Lipinski definition) is 1. The number of rotatable bonds is 4. The van der Waals surface area contributed by atoms with Gasteiger partial charge in [-0.15, -0.1) is 0 Å². The average Bonchev–Trinajstić information content (AvgIpc) is 3.19. The van der Waals surface area contributed by atoms with Gasteiger partial charge in [0, 0.05) is 30.6 Å². The van der Waals surface area contributed by atoms with Gasteiger partial charge in [0.25, 0.3) is 5.89 Å². The molecule has 0 unspecified atom stereocenters. The standard InChI is InChI=1S/C18H14N6O/c1-19-16-15(22-14(11-21-16)13-8-5-9-20-10-13)17-23-18(25-24-17)12-6-3-2-4-7-12/h2-11H,1H3,(H,19,21). The summed E-state index contributed by atoms with van der Waals surface area (Å²) < 4.78 is 5.38. The van der Waals surface area contributed by atoms with Crippen molar-refractivity contribution in [3.05, 3.63) is 61.1 Å². The highest BCUT2D eigenvalue weighted by atomic mass is 16.5. The number of nitrogens with zero attached hydrogens (tertiary/aromatic N) is 5. The molecular formula is C18H14N6O. The van der Waals surface area contributed by atoms with E-state index < -0.39 is 0 Å². The molecule has 0 atom stereocenters. The fourth-order valence-corrected chi connectivity index (χ4v) is 2.40. The molecule has 0 aliphatic heterocycles. The van der Waals surface area contributed by atoms with E-state index in [9.17, 15) is 0 Å². The minimum atomic E-state index is 0.376. The van der Waals surface area contributed by atoms with Gasteiger partial charge in [0.1, 0.15) is 0 Å². The van der Waals surface area contributed by atoms with Crippen LogP contribution in [0.1, 0.15) is 0 Å². The highest BCUT2D eigenvalue weighted by Crippen LogP contribution is 2.27. The van der Waals surface area contributed by atoms with Crippen molar-refractivity contribution in [3.63, 3.8) is 0 Å². The summed E-state index contributed by atoms with van der Waals surface area (Å²) in [4.78, 5) is 17.6. The van der Waals surface area contributed by atoms with Crippen LogP contribution in [0.4, 0.5) is 5.82 Å². The number of pyridine rings is 1. The van der Waals surface area contributed by atoms with Crippen molar-refractivity contribution in [1.29, 1.82) is 0 Å². The van der Waals surface area contributed by atoms with Crippen LogP contribution in [0, 0.1) is 0 Å². The molecule has 0 aliphatic carbocycles. The first-order valence-corrected chi connectivity index (χ1v) is 7.70. The smallest absolute Gasteiger partial charge is 0.258 e. The van der Waals surface area contributed by atoms with Gasteiger partial charge in [-0.1, -0.05) is 23.4 Å². The van der Waals surface area contributed by atoms with Crippen LogP contribution in [0.25, 0.3) is 34.2 Å². The molecule has 3 aromatic heterocycles. The third-order valence-corrected chi connectivity index (χ3v) is 3.63. The van der Waals surface area contributed by atoms with Gasteiger partial charge >= 0.3 is 0 Å². The Labute approximate surface area is 143 Å². The van der Waals surface area contributed by atoms with Crippen molar-refractivity contribution in [3.8, 4) is 34.2 Å². The van der Waals surface area contributed by atoms with Crippen molar-refractivity contribution in [2.45, 2.75) is 0 Å². The first-order chi connectivity index (χ1) is 12.3. The van der Waals surface area contributed by atoms with Gasteiger partial charge in [-0.25, -0.2) is 9.97 Å². The molecule has 0 bridgehead atoms. The van der Waals surface area contributed by atoms with Crippen molar-refractivity contribution in [1.82, 2.24) is 25.1 Å². The summed E-state index contributed by atoms with van der Waals surface area (Å²) in [6.45, 7) is 0. The maximum atomic E-state index is 5.38. The van der Waals surface area contributed by atoms with Gasteiger partial charge in [0.2, 0.25) is 5.82 Å². The maximum absolute atomic E-state index is 5.38. The predicted octanol–water partition coefficient (Wildman–Crippen LogP) is 3.30. The zero-order chi connectivity index (χ0) is 17.1. The Morgan fingerprint density at radius 3 is 2.52 bits per heavy atom. The van der Waals surface area contributed by atoms with Gasteiger partial charge in [0.05, 0.1) is 11.9 Å². The van der Waals surface area contributed by atoms with Gasteiger partial charge < -0.3 is 9.84 Å². The lowest BCUT2D eigenvalue weighted by Crippen LogP contribution is -2.00. The van der Waals surface area contributed by atoms with Crippen molar-refractivity contribution in [2.24, 2.45) is 0 Å². The molecule has 0 aliphatic rings. The molecule has 0 fully saturated rings. The second-order valence-corrected chi connectivity index (χ2v) is 5.23. The fraction of sp³-hybridized carbons (Fsp3) is 0.0556. The number of nitrogens with one attached hydrogen (secondary N) is 1. The molecule has 0 saturated heterocycles. The molecule has 3 heterocycles. The van der Waals surface area contributed by atoms with Crippen LogP contribution in [0.5, 0.6) is 0 Å². The topological polar surface area (TPSA) is 89.6 Å². The molecule has 7 heteroatoms. The summed E-state index contributed by atoms with van der Waals surface area (Å²) in [5, 5.41) is 7.07. The zero-order valence-electron chi connectivity index (χ0n) is 13.4. The lowest BCUT2D eigenvalue weighted by Gasteiger charge is -2.06. The Morgan fingerprint density at radius 2 is 1.76 bits per heavy atom. The van der Waals surface area contributed by atoms with E-state index in [0.717, 1.165) is 11.1 Å². The molecule has 0 saturated carbocycles. The quantitative estimate of drug-likeness (QED) is 0.614. The summed E-state index contributed by atoms with van der Waals surface area (Å²) in [7, 11) is 1.77. The first kappa shape index (κ1) is 14.9. The van der Waals surface area contributed by atoms with Crippen LogP contribution >= 0.6 is 0 Å². The molecule has 0 radical (unpaired) electrons. The number of hydrogen-bond acceptors (Lipinski definition) is 7. The molecule has 1 N–H and O–H groups in total. The highest BCUT2D eigenvalue weighted by molar-refractivity contribution is 5.70. The van der Waals surface area contributed by atoms with Crippen molar-refractivity contribution < 1.29 is 4.52 Å². The summed E-state index contributed by atoms with van der Waals surface area (Å²) >= 11 is 0. The van der Waals surface area contributed by atoms with E-state index in [0.29, 0.717) is 28.9 Å². The summed E-state index contributed by atoms with van der Waals surface area (Å²) in [6.07, 6.45) is 5.13. The molecule has 1 aromatic carbocycles. The molecule has 7 nitrogen and oxygen atoms in total. The van der Waals surface area contributed by atoms with E-state index in [4.69, 9.17) is 4.52 Å². The van der Waals surface area contributed by atoms with Gasteiger partial charge in [-0.2, -0.15) is 4.98 Å². The minimum absolute atomic E-state index is 0.376. The molecule has 4 rings (SSSR count). The molecule has 0 spiro atoms.